The van der Waals surface area contributed by atoms with Gasteiger partial charge < -0.3 is 0 Å². The van der Waals surface area contributed by atoms with Crippen LogP contribution in [0, 0.1) is 12.7 Å². The Morgan fingerprint density at radius 3 is 2.55 bits per heavy atom. The van der Waals surface area contributed by atoms with E-state index in [4.69, 9.17) is 11.6 Å². The molecule has 0 aliphatic heterocycles. The second kappa shape index (κ2) is 5.25. The van der Waals surface area contributed by atoms with Gasteiger partial charge in [0, 0.05) is 5.56 Å². The van der Waals surface area contributed by atoms with Gasteiger partial charge in [-0.25, -0.2) is 13.8 Å². The first-order valence-electron chi connectivity index (χ1n) is 6.14. The summed E-state index contributed by atoms with van der Waals surface area (Å²) in [6.07, 6.45) is 0. The Bertz CT molecular complexity index is 778. The van der Waals surface area contributed by atoms with Crippen molar-refractivity contribution in [3.63, 3.8) is 0 Å². The third-order valence-corrected chi connectivity index (χ3v) is 3.45. The summed E-state index contributed by atoms with van der Waals surface area (Å²) in [5.74, 6) is -0.637. The summed E-state index contributed by atoms with van der Waals surface area (Å²) in [7, 11) is 0. The molecule has 1 heterocycles. The molecule has 0 saturated heterocycles. The van der Waals surface area contributed by atoms with Crippen molar-refractivity contribution in [3.05, 3.63) is 61.1 Å². The number of aromatic amines is 1. The zero-order valence-electron chi connectivity index (χ0n) is 11.3. The van der Waals surface area contributed by atoms with Crippen LogP contribution in [0.25, 0.3) is 5.69 Å². The second-order valence-electron chi connectivity index (χ2n) is 4.84. The minimum absolute atomic E-state index is 0.0281. The van der Waals surface area contributed by atoms with Gasteiger partial charge in [0.05, 0.1) is 11.3 Å². The fraction of sp³-hybridized carbons (Fsp3) is 0.286. The highest BCUT2D eigenvalue weighted by atomic mass is 35.5. The molecule has 20 heavy (non-hydrogen) atoms. The van der Waals surface area contributed by atoms with E-state index in [1.807, 2.05) is 0 Å². The van der Waals surface area contributed by atoms with Gasteiger partial charge in [0.2, 0.25) is 0 Å². The number of nitrogens with zero attached hydrogens (tertiary/aromatic N) is 1. The topological polar surface area (TPSA) is 54.9 Å². The van der Waals surface area contributed by atoms with Crippen molar-refractivity contribution in [1.82, 2.24) is 9.55 Å². The number of rotatable bonds is 2. The quantitative estimate of drug-likeness (QED) is 0.866. The van der Waals surface area contributed by atoms with Crippen LogP contribution >= 0.6 is 11.6 Å². The van der Waals surface area contributed by atoms with Crippen molar-refractivity contribution in [1.29, 1.82) is 0 Å². The maximum atomic E-state index is 13.6. The Morgan fingerprint density at radius 2 is 1.95 bits per heavy atom. The molecule has 0 radical (unpaired) electrons. The molecule has 0 fully saturated rings. The van der Waals surface area contributed by atoms with Gasteiger partial charge in [-0.2, -0.15) is 0 Å². The summed E-state index contributed by atoms with van der Waals surface area (Å²) in [6, 6.07) is 4.25. The van der Waals surface area contributed by atoms with Gasteiger partial charge in [0.25, 0.3) is 5.56 Å². The molecule has 0 atom stereocenters. The van der Waals surface area contributed by atoms with Crippen LogP contribution in [0.15, 0.2) is 27.8 Å². The van der Waals surface area contributed by atoms with E-state index in [1.54, 1.807) is 13.8 Å². The summed E-state index contributed by atoms with van der Waals surface area (Å²) in [5.41, 5.74) is -0.456. The van der Waals surface area contributed by atoms with Crippen LogP contribution in [0.1, 0.15) is 30.9 Å². The molecule has 106 valence electrons. The van der Waals surface area contributed by atoms with E-state index in [1.165, 1.54) is 25.1 Å². The predicted molar refractivity (Wildman–Crippen MR) is 76.5 cm³/mol. The monoisotopic (exact) mass is 296 g/mol. The van der Waals surface area contributed by atoms with Crippen LogP contribution in [0.3, 0.4) is 0 Å². The minimum Gasteiger partial charge on any atom is -0.297 e. The van der Waals surface area contributed by atoms with Gasteiger partial charge in [-0.3, -0.25) is 9.78 Å². The van der Waals surface area contributed by atoms with Gasteiger partial charge in [-0.15, -0.1) is 0 Å². The van der Waals surface area contributed by atoms with Crippen molar-refractivity contribution in [2.24, 2.45) is 0 Å². The van der Waals surface area contributed by atoms with E-state index in [-0.39, 0.29) is 22.3 Å². The molecule has 2 rings (SSSR count). The summed E-state index contributed by atoms with van der Waals surface area (Å²) in [5, 5.41) is 0.0281. The van der Waals surface area contributed by atoms with Crippen molar-refractivity contribution in [2.45, 2.75) is 26.7 Å². The van der Waals surface area contributed by atoms with Crippen LogP contribution in [-0.2, 0) is 0 Å². The van der Waals surface area contributed by atoms with Crippen molar-refractivity contribution in [3.8, 4) is 5.69 Å². The first kappa shape index (κ1) is 14.5. The van der Waals surface area contributed by atoms with Gasteiger partial charge in [0.1, 0.15) is 11.0 Å². The number of H-pyrrole nitrogens is 1. The lowest BCUT2D eigenvalue weighted by atomic mass is 10.1. The number of aromatic nitrogens is 2. The summed E-state index contributed by atoms with van der Waals surface area (Å²) >= 11 is 5.92. The summed E-state index contributed by atoms with van der Waals surface area (Å²) in [4.78, 5) is 26.9. The fourth-order valence-corrected chi connectivity index (χ4v) is 2.46. The molecule has 0 bridgehead atoms. The van der Waals surface area contributed by atoms with Gasteiger partial charge in [0.15, 0.2) is 0 Å². The van der Waals surface area contributed by atoms with Crippen molar-refractivity contribution >= 4 is 11.6 Å². The van der Waals surface area contributed by atoms with Crippen LogP contribution < -0.4 is 11.2 Å². The second-order valence-corrected chi connectivity index (χ2v) is 5.21. The van der Waals surface area contributed by atoms with Crippen molar-refractivity contribution < 1.29 is 4.39 Å². The molecule has 6 heteroatoms. The Balaban J connectivity index is 2.89. The highest BCUT2D eigenvalue weighted by Crippen LogP contribution is 2.19. The molecule has 0 aliphatic carbocycles. The highest BCUT2D eigenvalue weighted by Gasteiger charge is 2.18. The van der Waals surface area contributed by atoms with E-state index in [0.717, 1.165) is 4.57 Å². The molecule has 0 amide bonds. The smallest absolute Gasteiger partial charge is 0.297 e. The van der Waals surface area contributed by atoms with Crippen LogP contribution in [0.5, 0.6) is 0 Å². The van der Waals surface area contributed by atoms with Gasteiger partial charge in [-0.05, 0) is 25.0 Å². The van der Waals surface area contributed by atoms with Gasteiger partial charge in [-0.1, -0.05) is 31.5 Å². The van der Waals surface area contributed by atoms with E-state index >= 15 is 0 Å². The third kappa shape index (κ3) is 2.29. The normalized spacial score (nSPS) is 11.1. The summed E-state index contributed by atoms with van der Waals surface area (Å²) in [6.45, 7) is 5.10. The first-order chi connectivity index (χ1) is 9.34. The molecule has 0 spiro atoms. The van der Waals surface area contributed by atoms with Crippen LogP contribution in [-0.4, -0.2) is 9.55 Å². The molecule has 0 unspecified atom stereocenters. The number of hydrogen-bond donors (Lipinski definition) is 1. The lowest BCUT2D eigenvalue weighted by Crippen LogP contribution is -2.37. The first-order valence-corrected chi connectivity index (χ1v) is 6.52. The molecular weight excluding hydrogens is 283 g/mol. The number of benzene rings is 1. The number of nitrogens with one attached hydrogen (secondary N) is 1. The molecule has 2 aromatic rings. The Kier molecular flexibility index (Phi) is 3.81. The number of halogens is 2. The zero-order chi connectivity index (χ0) is 15.0. The van der Waals surface area contributed by atoms with E-state index in [0.29, 0.717) is 5.56 Å². The maximum absolute atomic E-state index is 13.6. The van der Waals surface area contributed by atoms with Crippen LogP contribution in [0.4, 0.5) is 4.39 Å². The third-order valence-electron chi connectivity index (χ3n) is 3.15. The Labute approximate surface area is 119 Å². The summed E-state index contributed by atoms with van der Waals surface area (Å²) < 4.78 is 14.5. The highest BCUT2D eigenvalue weighted by molar-refractivity contribution is 6.30. The molecule has 0 saturated carbocycles. The molecular formula is C14H14ClFN2O2. The fourth-order valence-electron chi connectivity index (χ4n) is 2.08. The van der Waals surface area contributed by atoms with E-state index in [9.17, 15) is 14.0 Å². The molecule has 4 nitrogen and oxygen atoms in total. The Hall–Kier alpha value is -1.88. The number of hydrogen-bond acceptors (Lipinski definition) is 2. The molecule has 1 aromatic heterocycles. The van der Waals surface area contributed by atoms with E-state index < -0.39 is 17.1 Å². The standard InChI is InChI=1S/C14H14ClFN2O2/c1-7(2)11-12(15)17-14(20)18(13(11)19)10-6-4-5-9(16)8(10)3/h4-7H,1-3H3,(H,17,20). The predicted octanol–water partition coefficient (Wildman–Crippen LogP) is 2.75. The molecule has 0 aliphatic rings. The molecule has 1 aromatic carbocycles. The SMILES string of the molecule is Cc1c(F)cccc1-n1c(=O)[nH]c(Cl)c(C(C)C)c1=O. The largest absolute Gasteiger partial charge is 0.334 e. The zero-order valence-corrected chi connectivity index (χ0v) is 12.1. The van der Waals surface area contributed by atoms with Crippen molar-refractivity contribution in [2.75, 3.05) is 0 Å². The van der Waals surface area contributed by atoms with Gasteiger partial charge >= 0.3 is 5.69 Å². The lowest BCUT2D eigenvalue weighted by Gasteiger charge is -2.13. The molecule has 1 N–H and O–H groups in total. The average Bonchev–Trinajstić information content (AvgIpc) is 2.33. The lowest BCUT2D eigenvalue weighted by molar-refractivity contribution is 0.615. The average molecular weight is 297 g/mol. The Morgan fingerprint density at radius 1 is 1.30 bits per heavy atom. The van der Waals surface area contributed by atoms with Crippen LogP contribution in [0.2, 0.25) is 5.15 Å². The maximum Gasteiger partial charge on any atom is 0.334 e. The minimum atomic E-state index is -0.682. The van der Waals surface area contributed by atoms with E-state index in [2.05, 4.69) is 4.98 Å².